The van der Waals surface area contributed by atoms with Crippen LogP contribution in [0.5, 0.6) is 0 Å². The molecule has 6 rings (SSSR count). The molecule has 0 bridgehead atoms. The van der Waals surface area contributed by atoms with Gasteiger partial charge in [0.15, 0.2) is 0 Å². The number of hydrogen-bond acceptors (Lipinski definition) is 5. The summed E-state index contributed by atoms with van der Waals surface area (Å²) in [6, 6.07) is 16.0. The number of fused-ring (bicyclic) bond motifs is 1. The lowest BCUT2D eigenvalue weighted by molar-refractivity contribution is 0.282. The maximum atomic E-state index is 15.2. The summed E-state index contributed by atoms with van der Waals surface area (Å²) in [6.07, 6.45) is 8.12. The Labute approximate surface area is 242 Å². The third kappa shape index (κ3) is 5.25. The molecule has 214 valence electrons. The third-order valence-electron chi connectivity index (χ3n) is 7.82. The predicted octanol–water partition coefficient (Wildman–Crippen LogP) is 6.20. The third-order valence-corrected chi connectivity index (χ3v) is 7.82. The lowest BCUT2D eigenvalue weighted by Gasteiger charge is -2.17. The van der Waals surface area contributed by atoms with E-state index in [4.69, 9.17) is 0 Å². The average molecular weight is 565 g/mol. The van der Waals surface area contributed by atoms with Crippen LogP contribution >= 0.6 is 0 Å². The summed E-state index contributed by atoms with van der Waals surface area (Å²) in [4.78, 5) is 31.1. The van der Waals surface area contributed by atoms with Gasteiger partial charge in [-0.05, 0) is 83.5 Å². The monoisotopic (exact) mass is 564 g/mol. The van der Waals surface area contributed by atoms with E-state index in [1.807, 2.05) is 24.3 Å². The fraction of sp³-hybridized carbons (Fsp3) is 0.265. The zero-order chi connectivity index (χ0) is 29.5. The van der Waals surface area contributed by atoms with E-state index >= 15 is 4.39 Å². The van der Waals surface area contributed by atoms with Gasteiger partial charge in [-0.1, -0.05) is 38.1 Å². The number of aryl methyl sites for hydroxylation is 1. The summed E-state index contributed by atoms with van der Waals surface area (Å²) >= 11 is 0. The minimum Gasteiger partial charge on any atom is -0.392 e. The molecule has 8 heteroatoms. The first-order valence-corrected chi connectivity index (χ1v) is 14.2. The molecule has 2 N–H and O–H groups in total. The van der Waals surface area contributed by atoms with E-state index in [1.54, 1.807) is 49.9 Å². The molecule has 3 heterocycles. The fourth-order valence-electron chi connectivity index (χ4n) is 5.61. The van der Waals surface area contributed by atoms with E-state index in [0.717, 1.165) is 30.4 Å². The van der Waals surface area contributed by atoms with Crippen molar-refractivity contribution in [1.82, 2.24) is 14.1 Å². The van der Waals surface area contributed by atoms with Gasteiger partial charge in [-0.2, -0.15) is 0 Å². The Hall–Kier alpha value is -4.56. The molecule has 5 aromatic rings. The van der Waals surface area contributed by atoms with E-state index in [0.29, 0.717) is 51.1 Å². The van der Waals surface area contributed by atoms with E-state index in [-0.39, 0.29) is 17.6 Å². The van der Waals surface area contributed by atoms with Crippen molar-refractivity contribution < 1.29 is 9.50 Å². The number of halogens is 1. The van der Waals surface area contributed by atoms with Crippen LogP contribution in [0.2, 0.25) is 0 Å². The molecule has 0 unspecified atom stereocenters. The van der Waals surface area contributed by atoms with E-state index in [2.05, 4.69) is 24.1 Å². The number of aliphatic hydroxyl groups excluding tert-OH is 1. The lowest BCUT2D eigenvalue weighted by Crippen LogP contribution is -2.21. The molecule has 42 heavy (non-hydrogen) atoms. The maximum Gasteiger partial charge on any atom is 0.274 e. The first kappa shape index (κ1) is 27.6. The molecule has 1 fully saturated rings. The van der Waals surface area contributed by atoms with Crippen LogP contribution in [-0.4, -0.2) is 19.2 Å². The van der Waals surface area contributed by atoms with Gasteiger partial charge in [0.1, 0.15) is 17.3 Å². The molecule has 0 saturated heterocycles. The van der Waals surface area contributed by atoms with Crippen LogP contribution in [0, 0.1) is 11.7 Å². The average Bonchev–Trinajstić information content (AvgIpc) is 3.81. The number of nitrogens with one attached hydrogen (secondary N) is 1. The van der Waals surface area contributed by atoms with Gasteiger partial charge in [0.2, 0.25) is 0 Å². The Balaban J connectivity index is 1.41. The molecular weight excluding hydrogens is 531 g/mol. The van der Waals surface area contributed by atoms with Crippen LogP contribution in [0.15, 0.2) is 82.8 Å². The summed E-state index contributed by atoms with van der Waals surface area (Å²) < 4.78 is 18.0. The van der Waals surface area contributed by atoms with Crippen molar-refractivity contribution in [3.8, 4) is 16.8 Å². The summed E-state index contributed by atoms with van der Waals surface area (Å²) in [5, 5.41) is 14.2. The number of nitrogens with zero attached hydrogens (tertiary/aromatic N) is 3. The van der Waals surface area contributed by atoms with Crippen LogP contribution < -0.4 is 16.4 Å². The van der Waals surface area contributed by atoms with Crippen molar-refractivity contribution in [3.05, 3.63) is 116 Å². The molecule has 0 aliphatic heterocycles. The van der Waals surface area contributed by atoms with E-state index < -0.39 is 11.4 Å². The normalized spacial score (nSPS) is 13.2. The minimum atomic E-state index is -0.532. The number of benzene rings is 2. The Morgan fingerprint density at radius 3 is 2.57 bits per heavy atom. The number of aromatic nitrogens is 3. The smallest absolute Gasteiger partial charge is 0.274 e. The van der Waals surface area contributed by atoms with Gasteiger partial charge in [-0.25, -0.2) is 9.37 Å². The summed E-state index contributed by atoms with van der Waals surface area (Å²) in [5.41, 5.74) is 3.87. The van der Waals surface area contributed by atoms with Crippen LogP contribution in [-0.2, 0) is 20.1 Å². The lowest BCUT2D eigenvalue weighted by atomic mass is 9.98. The van der Waals surface area contributed by atoms with Crippen molar-refractivity contribution >= 4 is 22.3 Å². The van der Waals surface area contributed by atoms with Crippen LogP contribution in [0.3, 0.4) is 0 Å². The second-order valence-electron chi connectivity index (χ2n) is 11.5. The van der Waals surface area contributed by atoms with E-state index in [9.17, 15) is 14.7 Å². The number of hydrogen-bond donors (Lipinski definition) is 2. The molecular formula is C34H33FN4O3. The highest BCUT2D eigenvalue weighted by Gasteiger charge is 2.25. The molecule has 1 aliphatic rings. The molecule has 1 aliphatic carbocycles. The molecule has 0 amide bonds. The highest BCUT2D eigenvalue weighted by atomic mass is 19.1. The standard InChI is InChI=1S/C34H33FN4O3/c1-20(2)13-21-7-10-31(36-17-21)37-29-16-25(18-38(3)33(29)41)26-5-4-6-30(27(26)19-40)39-12-11-23-14-24(22-8-9-22)15-28(35)32(23)34(39)42/h4-7,10-12,14-18,20,22,40H,8-9,13,19H2,1-3H3,(H,36,37). The van der Waals surface area contributed by atoms with Gasteiger partial charge < -0.3 is 15.0 Å². The topological polar surface area (TPSA) is 89.2 Å². The molecule has 0 atom stereocenters. The van der Waals surface area contributed by atoms with Gasteiger partial charge in [-0.3, -0.25) is 14.2 Å². The Morgan fingerprint density at radius 2 is 1.88 bits per heavy atom. The zero-order valence-corrected chi connectivity index (χ0v) is 23.9. The molecule has 0 radical (unpaired) electrons. The summed E-state index contributed by atoms with van der Waals surface area (Å²) in [6.45, 7) is 3.93. The zero-order valence-electron chi connectivity index (χ0n) is 23.9. The molecule has 2 aromatic carbocycles. The van der Waals surface area contributed by atoms with Gasteiger partial charge in [0.25, 0.3) is 11.1 Å². The van der Waals surface area contributed by atoms with Crippen molar-refractivity contribution in [2.75, 3.05) is 5.32 Å². The van der Waals surface area contributed by atoms with Crippen LogP contribution in [0.25, 0.3) is 27.6 Å². The SMILES string of the molecule is CC(C)Cc1ccc(Nc2cc(-c3cccc(-n4ccc5cc(C6CC6)cc(F)c5c4=O)c3CO)cn(C)c2=O)nc1. The van der Waals surface area contributed by atoms with Gasteiger partial charge in [-0.15, -0.1) is 0 Å². The quantitative estimate of drug-likeness (QED) is 0.234. The number of rotatable bonds is 8. The molecule has 0 spiro atoms. The van der Waals surface area contributed by atoms with Crippen LogP contribution in [0.4, 0.5) is 15.9 Å². The number of anilines is 2. The Morgan fingerprint density at radius 1 is 1.07 bits per heavy atom. The number of pyridine rings is 3. The summed E-state index contributed by atoms with van der Waals surface area (Å²) in [7, 11) is 1.66. The van der Waals surface area contributed by atoms with E-state index in [1.165, 1.54) is 15.2 Å². The van der Waals surface area contributed by atoms with Crippen LogP contribution in [0.1, 0.15) is 49.3 Å². The summed E-state index contributed by atoms with van der Waals surface area (Å²) in [5.74, 6) is 0.888. The first-order chi connectivity index (χ1) is 20.2. The predicted molar refractivity (Wildman–Crippen MR) is 164 cm³/mol. The van der Waals surface area contributed by atoms with Crippen molar-refractivity contribution in [3.63, 3.8) is 0 Å². The van der Waals surface area contributed by atoms with Gasteiger partial charge in [0.05, 0.1) is 17.7 Å². The Bertz CT molecular complexity index is 1920. The van der Waals surface area contributed by atoms with Crippen molar-refractivity contribution in [2.24, 2.45) is 13.0 Å². The highest BCUT2D eigenvalue weighted by Crippen LogP contribution is 2.41. The van der Waals surface area contributed by atoms with Gasteiger partial charge >= 0.3 is 0 Å². The fourth-order valence-corrected chi connectivity index (χ4v) is 5.61. The molecule has 3 aromatic heterocycles. The maximum absolute atomic E-state index is 15.2. The van der Waals surface area contributed by atoms with Crippen molar-refractivity contribution in [2.45, 2.75) is 45.6 Å². The highest BCUT2D eigenvalue weighted by molar-refractivity contribution is 5.84. The Kier molecular flexibility index (Phi) is 7.24. The first-order valence-electron chi connectivity index (χ1n) is 14.2. The second kappa shape index (κ2) is 11.0. The minimum absolute atomic E-state index is 0.0247. The molecule has 7 nitrogen and oxygen atoms in total. The van der Waals surface area contributed by atoms with Crippen molar-refractivity contribution in [1.29, 1.82) is 0 Å². The van der Waals surface area contributed by atoms with Gasteiger partial charge in [0, 0.05) is 36.8 Å². The largest absolute Gasteiger partial charge is 0.392 e. The second-order valence-corrected chi connectivity index (χ2v) is 11.5. The molecule has 1 saturated carbocycles. The number of aliphatic hydroxyl groups is 1.